The van der Waals surface area contributed by atoms with Gasteiger partial charge in [-0.2, -0.15) is 0 Å². The first-order valence-electron chi connectivity index (χ1n) is 7.63. The molecule has 3 heterocycles. The molecule has 0 bridgehead atoms. The molecule has 5 atom stereocenters. The maximum absolute atomic E-state index is 11.9. The van der Waals surface area contributed by atoms with Crippen LogP contribution in [0, 0.1) is 0 Å². The lowest BCUT2D eigenvalue weighted by molar-refractivity contribution is -0.134. The molecular weight excluding hydrogens is 613 g/mol. The number of halogens is 3. The summed E-state index contributed by atoms with van der Waals surface area (Å²) in [4.78, 5) is 33.2. The lowest BCUT2D eigenvalue weighted by Crippen LogP contribution is -2.33. The minimum atomic E-state index is -4.84. The van der Waals surface area contributed by atoms with E-state index in [1.807, 2.05) is 0 Å². The molecule has 0 radical (unpaired) electrons. The first-order valence-corrected chi connectivity index (χ1v) is 11.5. The van der Waals surface area contributed by atoms with Crippen LogP contribution in [-0.4, -0.2) is 67.7 Å². The quantitative estimate of drug-likeness (QED) is 0.266. The van der Waals surface area contributed by atoms with E-state index in [1.165, 1.54) is 17.2 Å². The first kappa shape index (κ1) is 23.0. The zero-order valence-electron chi connectivity index (χ0n) is 14.0. The van der Waals surface area contributed by atoms with E-state index < -0.39 is 47.1 Å². The molecule has 1 saturated heterocycles. The third kappa shape index (κ3) is 4.97. The van der Waals surface area contributed by atoms with Gasteiger partial charge in [-0.15, -0.1) is 0 Å². The average Bonchev–Trinajstić information content (AvgIpc) is 3.15. The third-order valence-electron chi connectivity index (χ3n) is 3.83. The molecule has 1 fully saturated rings. The van der Waals surface area contributed by atoms with Crippen LogP contribution in [0.15, 0.2) is 12.7 Å². The highest BCUT2D eigenvalue weighted by molar-refractivity contribution is 9.40. The van der Waals surface area contributed by atoms with Crippen molar-refractivity contribution in [3.05, 3.63) is 12.7 Å². The number of rotatable bonds is 5. The highest BCUT2D eigenvalue weighted by Gasteiger charge is 2.46. The van der Waals surface area contributed by atoms with E-state index in [2.05, 4.69) is 67.3 Å². The molecular formula is C12H13Br3N5O8P. The summed E-state index contributed by atoms with van der Waals surface area (Å²) >= 11 is 8.49. The maximum atomic E-state index is 11.9. The van der Waals surface area contributed by atoms with Crippen molar-refractivity contribution in [1.29, 1.82) is 0 Å². The number of anilines is 1. The van der Waals surface area contributed by atoms with Gasteiger partial charge in [-0.25, -0.2) is 24.3 Å². The molecule has 2 aromatic heterocycles. The van der Waals surface area contributed by atoms with Crippen molar-refractivity contribution < 1.29 is 38.3 Å². The summed E-state index contributed by atoms with van der Waals surface area (Å²) in [5.41, 5.74) is 6.23. The van der Waals surface area contributed by atoms with E-state index in [0.717, 1.165) is 0 Å². The summed E-state index contributed by atoms with van der Waals surface area (Å²) in [6.45, 7) is -0.667. The van der Waals surface area contributed by atoms with Gasteiger partial charge in [0, 0.05) is 0 Å². The molecule has 5 N–H and O–H groups in total. The van der Waals surface area contributed by atoms with Crippen LogP contribution in [0.2, 0.25) is 0 Å². The lowest BCUT2D eigenvalue weighted by Gasteiger charge is -2.18. The standard InChI is InChI=1S/C12H13Br3N5O8P/c13-12(14,15)11(23)28-29(24,25)26-1-4-6(21)7(22)10(27-4)20-3-19-5-8(16)17-2-18-9(5)20/h2-4,6-7,10,21-22H,1H2,(H,24,25)(H2,16,17,18)/t4-,6-,7-,10-/m1/s1. The van der Waals surface area contributed by atoms with Gasteiger partial charge in [0.1, 0.15) is 30.2 Å². The van der Waals surface area contributed by atoms with Crippen molar-refractivity contribution in [2.24, 2.45) is 0 Å². The van der Waals surface area contributed by atoms with E-state index >= 15 is 0 Å². The molecule has 1 unspecified atom stereocenters. The van der Waals surface area contributed by atoms with Gasteiger partial charge in [0.25, 0.3) is 0 Å². The molecule has 0 saturated carbocycles. The Morgan fingerprint density at radius 3 is 2.66 bits per heavy atom. The van der Waals surface area contributed by atoms with Gasteiger partial charge in [-0.3, -0.25) is 14.0 Å². The van der Waals surface area contributed by atoms with Crippen LogP contribution in [0.4, 0.5) is 5.82 Å². The van der Waals surface area contributed by atoms with Crippen LogP contribution in [0.25, 0.3) is 11.2 Å². The number of aromatic nitrogens is 4. The van der Waals surface area contributed by atoms with E-state index in [1.54, 1.807) is 0 Å². The molecule has 17 heteroatoms. The Morgan fingerprint density at radius 2 is 2.00 bits per heavy atom. The second kappa shape index (κ2) is 8.43. The molecule has 160 valence electrons. The van der Waals surface area contributed by atoms with Crippen molar-refractivity contribution in [2.75, 3.05) is 12.3 Å². The second-order valence-corrected chi connectivity index (χ2v) is 13.9. The normalized spacial score (nSPS) is 27.1. The molecule has 0 spiro atoms. The number of phosphoric ester groups is 1. The van der Waals surface area contributed by atoms with Crippen LogP contribution >= 0.6 is 55.6 Å². The Labute approximate surface area is 187 Å². The van der Waals surface area contributed by atoms with Crippen LogP contribution in [-0.2, 0) is 23.1 Å². The smallest absolute Gasteiger partial charge is 0.387 e. The topological polar surface area (TPSA) is 192 Å². The maximum Gasteiger partial charge on any atom is 0.529 e. The van der Waals surface area contributed by atoms with E-state index in [-0.39, 0.29) is 17.0 Å². The first-order chi connectivity index (χ1) is 13.4. The SMILES string of the molecule is Nc1ncnc2c1ncn2[C@@H]1O[C@H](COP(=O)(O)OC(=O)C(Br)(Br)Br)[C@@H](O)[C@H]1O. The Balaban J connectivity index is 1.70. The van der Waals surface area contributed by atoms with E-state index in [4.69, 9.17) is 15.0 Å². The summed E-state index contributed by atoms with van der Waals surface area (Å²) < 4.78 is 26.3. The van der Waals surface area contributed by atoms with Crippen molar-refractivity contribution in [3.63, 3.8) is 0 Å². The minimum absolute atomic E-state index is 0.117. The van der Waals surface area contributed by atoms with Gasteiger partial charge >= 0.3 is 13.8 Å². The van der Waals surface area contributed by atoms with Gasteiger partial charge in [-0.1, -0.05) is 0 Å². The van der Waals surface area contributed by atoms with Gasteiger partial charge in [0.05, 0.1) is 12.9 Å². The number of fused-ring (bicyclic) bond motifs is 1. The number of ether oxygens (including phenoxy) is 1. The van der Waals surface area contributed by atoms with Crippen molar-refractivity contribution in [2.45, 2.75) is 26.7 Å². The number of carbonyl (C=O) groups excluding carboxylic acids is 1. The largest absolute Gasteiger partial charge is 0.529 e. The molecule has 0 amide bonds. The molecule has 0 aromatic carbocycles. The number of carbonyl (C=O) groups is 1. The number of phosphoric acid groups is 1. The summed E-state index contributed by atoms with van der Waals surface area (Å²) in [5, 5.41) is 20.5. The van der Waals surface area contributed by atoms with Gasteiger partial charge in [0.2, 0.25) is 2.14 Å². The number of hydrogen-bond acceptors (Lipinski definition) is 11. The Hall–Kier alpha value is -0.710. The van der Waals surface area contributed by atoms with Gasteiger partial charge in [0.15, 0.2) is 17.7 Å². The molecule has 0 aliphatic carbocycles. The Kier molecular flexibility index (Phi) is 6.68. The summed E-state index contributed by atoms with van der Waals surface area (Å²) in [6.07, 6.45) is -2.82. The molecule has 3 rings (SSSR count). The Morgan fingerprint density at radius 1 is 1.31 bits per heavy atom. The number of nitrogens with two attached hydrogens (primary N) is 1. The van der Waals surface area contributed by atoms with E-state index in [0.29, 0.717) is 0 Å². The zero-order chi connectivity index (χ0) is 21.6. The number of nitrogens with zero attached hydrogens (tertiary/aromatic N) is 4. The monoisotopic (exact) mass is 623 g/mol. The van der Waals surface area contributed by atoms with Crippen LogP contribution in [0.5, 0.6) is 0 Å². The highest BCUT2D eigenvalue weighted by atomic mass is 80.0. The number of imidazole rings is 1. The second-order valence-electron chi connectivity index (χ2n) is 5.77. The fourth-order valence-electron chi connectivity index (χ4n) is 2.50. The van der Waals surface area contributed by atoms with Crippen molar-refractivity contribution in [1.82, 2.24) is 19.5 Å². The summed E-state index contributed by atoms with van der Waals surface area (Å²) in [6, 6.07) is 0. The summed E-state index contributed by atoms with van der Waals surface area (Å²) in [7, 11) is -4.84. The predicted octanol–water partition coefficient (Wildman–Crippen LogP) is 0.526. The average molecular weight is 626 g/mol. The fraction of sp³-hybridized carbons (Fsp3) is 0.500. The van der Waals surface area contributed by atoms with Gasteiger partial charge < -0.3 is 25.2 Å². The lowest BCUT2D eigenvalue weighted by atomic mass is 10.1. The number of aliphatic hydroxyl groups is 2. The number of hydrogen-bond donors (Lipinski definition) is 4. The van der Waals surface area contributed by atoms with Crippen LogP contribution in [0.1, 0.15) is 6.23 Å². The minimum Gasteiger partial charge on any atom is -0.387 e. The highest BCUT2D eigenvalue weighted by Crippen LogP contribution is 2.48. The van der Waals surface area contributed by atoms with Gasteiger partial charge in [-0.05, 0) is 47.8 Å². The molecule has 1 aliphatic rings. The number of nitrogen functional groups attached to an aromatic ring is 1. The van der Waals surface area contributed by atoms with E-state index in [9.17, 15) is 24.5 Å². The van der Waals surface area contributed by atoms with Crippen LogP contribution < -0.4 is 5.73 Å². The summed E-state index contributed by atoms with van der Waals surface area (Å²) in [5.74, 6) is -1.07. The van der Waals surface area contributed by atoms with Crippen molar-refractivity contribution in [3.8, 4) is 0 Å². The van der Waals surface area contributed by atoms with Crippen molar-refractivity contribution >= 4 is 78.6 Å². The Bertz CT molecular complexity index is 971. The number of aliphatic hydroxyl groups excluding tert-OH is 2. The zero-order valence-corrected chi connectivity index (χ0v) is 19.7. The third-order valence-corrected chi connectivity index (χ3v) is 5.67. The van der Waals surface area contributed by atoms with Crippen LogP contribution in [0.3, 0.4) is 0 Å². The molecule has 1 aliphatic heterocycles. The molecule has 2 aromatic rings. The number of alkyl halides is 3. The fourth-order valence-corrected chi connectivity index (χ4v) is 3.86. The predicted molar refractivity (Wildman–Crippen MR) is 107 cm³/mol. The molecule has 29 heavy (non-hydrogen) atoms. The molecule has 13 nitrogen and oxygen atoms in total.